The van der Waals surface area contributed by atoms with Gasteiger partial charge in [0.2, 0.25) is 0 Å². The fourth-order valence-corrected chi connectivity index (χ4v) is 3.76. The van der Waals surface area contributed by atoms with E-state index >= 15 is 0 Å². The molecule has 2 heterocycles. The van der Waals surface area contributed by atoms with Gasteiger partial charge in [-0.05, 0) is 17.7 Å². The molecule has 1 amide bonds. The van der Waals surface area contributed by atoms with Crippen molar-refractivity contribution >= 4 is 50.4 Å². The summed E-state index contributed by atoms with van der Waals surface area (Å²) in [6.45, 7) is 0. The topological polar surface area (TPSA) is 54.4 Å². The zero-order valence-corrected chi connectivity index (χ0v) is 13.5. The minimum atomic E-state index is -0.593. The van der Waals surface area contributed by atoms with E-state index in [9.17, 15) is 4.79 Å². The molecular formula is C17H11N3OS2. The van der Waals surface area contributed by atoms with Crippen molar-refractivity contribution < 1.29 is 4.79 Å². The summed E-state index contributed by atoms with van der Waals surface area (Å²) < 4.78 is 1.07. The first-order chi connectivity index (χ1) is 11.2. The predicted molar refractivity (Wildman–Crippen MR) is 96.1 cm³/mol. The molecule has 0 bridgehead atoms. The lowest BCUT2D eigenvalue weighted by Crippen LogP contribution is -2.42. The largest absolute Gasteiger partial charge is 0.313 e. The molecule has 4 nitrogen and oxygen atoms in total. The zero-order valence-electron chi connectivity index (χ0n) is 11.9. The van der Waals surface area contributed by atoms with Crippen LogP contribution in [-0.4, -0.2) is 21.6 Å². The number of rotatable bonds is 2. The lowest BCUT2D eigenvalue weighted by molar-refractivity contribution is -0.121. The van der Waals surface area contributed by atoms with E-state index in [1.54, 1.807) is 0 Å². The van der Waals surface area contributed by atoms with E-state index in [1.165, 1.54) is 11.3 Å². The standard InChI is InChI=1S/C17H11N3OS2/c21-15-13(10-6-2-1-3-7-10)19-14(16(22)20-15)17-18-11-8-4-5-9-12(11)23-17/h1-9,13H,(H,20,21,22). The number of thiocarbonyl (C=S) groups is 1. The molecule has 1 aromatic heterocycles. The van der Waals surface area contributed by atoms with Gasteiger partial charge in [-0.1, -0.05) is 54.7 Å². The summed E-state index contributed by atoms with van der Waals surface area (Å²) in [6.07, 6.45) is 0. The second-order valence-corrected chi connectivity index (χ2v) is 6.53. The molecule has 112 valence electrons. The Morgan fingerprint density at radius 3 is 2.57 bits per heavy atom. The number of thiazole rings is 1. The van der Waals surface area contributed by atoms with Gasteiger partial charge in [0.15, 0.2) is 6.04 Å². The number of hydrogen-bond donors (Lipinski definition) is 1. The highest BCUT2D eigenvalue weighted by molar-refractivity contribution is 7.82. The highest BCUT2D eigenvalue weighted by Crippen LogP contribution is 2.26. The number of benzene rings is 2. The smallest absolute Gasteiger partial charge is 0.254 e. The maximum absolute atomic E-state index is 12.2. The average molecular weight is 337 g/mol. The minimum Gasteiger partial charge on any atom is -0.313 e. The first kappa shape index (κ1) is 14.2. The molecule has 1 aliphatic rings. The van der Waals surface area contributed by atoms with Crippen LogP contribution in [-0.2, 0) is 4.79 Å². The van der Waals surface area contributed by atoms with Crippen LogP contribution in [0.5, 0.6) is 0 Å². The van der Waals surface area contributed by atoms with E-state index in [-0.39, 0.29) is 5.91 Å². The van der Waals surface area contributed by atoms with Crippen molar-refractivity contribution in [1.82, 2.24) is 10.3 Å². The van der Waals surface area contributed by atoms with Gasteiger partial charge in [-0.3, -0.25) is 9.79 Å². The van der Waals surface area contributed by atoms with Crippen LogP contribution in [0.25, 0.3) is 10.2 Å². The van der Waals surface area contributed by atoms with Crippen molar-refractivity contribution in [2.24, 2.45) is 4.99 Å². The van der Waals surface area contributed by atoms with Crippen molar-refractivity contribution in [2.75, 3.05) is 0 Å². The number of para-hydroxylation sites is 1. The number of amides is 1. The third-order valence-corrected chi connectivity index (χ3v) is 4.91. The Balaban J connectivity index is 1.82. The SMILES string of the molecule is O=C1NC(=S)C(c2nc3ccccc3s2)=NC1c1ccccc1. The Morgan fingerprint density at radius 2 is 1.78 bits per heavy atom. The van der Waals surface area contributed by atoms with E-state index in [0.717, 1.165) is 20.8 Å². The number of hydrogen-bond acceptors (Lipinski definition) is 5. The number of carbonyl (C=O) groups is 1. The van der Waals surface area contributed by atoms with E-state index in [4.69, 9.17) is 12.2 Å². The maximum Gasteiger partial charge on any atom is 0.254 e. The van der Waals surface area contributed by atoms with Gasteiger partial charge in [-0.2, -0.15) is 0 Å². The number of carbonyl (C=O) groups excluding carboxylic acids is 1. The number of fused-ring (bicyclic) bond motifs is 1. The number of nitrogens with zero attached hydrogens (tertiary/aromatic N) is 2. The Morgan fingerprint density at radius 1 is 1.04 bits per heavy atom. The minimum absolute atomic E-state index is 0.203. The summed E-state index contributed by atoms with van der Waals surface area (Å²) in [5, 5.41) is 3.48. The molecule has 0 saturated carbocycles. The third-order valence-electron chi connectivity index (χ3n) is 3.57. The molecule has 4 rings (SSSR count). The van der Waals surface area contributed by atoms with Crippen LogP contribution in [0.3, 0.4) is 0 Å². The van der Waals surface area contributed by atoms with E-state index in [2.05, 4.69) is 15.3 Å². The quantitative estimate of drug-likeness (QED) is 0.730. The maximum atomic E-state index is 12.2. The van der Waals surface area contributed by atoms with Crippen molar-refractivity contribution in [2.45, 2.75) is 6.04 Å². The summed E-state index contributed by atoms with van der Waals surface area (Å²) in [6, 6.07) is 16.8. The fraction of sp³-hybridized carbons (Fsp3) is 0.0588. The van der Waals surface area contributed by atoms with Crippen molar-refractivity contribution in [1.29, 1.82) is 0 Å². The molecule has 1 N–H and O–H groups in total. The monoisotopic (exact) mass is 337 g/mol. The van der Waals surface area contributed by atoms with Gasteiger partial charge in [0.1, 0.15) is 15.7 Å². The Bertz CT molecular complexity index is 914. The first-order valence-corrected chi connectivity index (χ1v) is 8.29. The van der Waals surface area contributed by atoms with Crippen molar-refractivity contribution in [3.63, 3.8) is 0 Å². The van der Waals surface area contributed by atoms with Gasteiger partial charge in [-0.25, -0.2) is 4.98 Å². The summed E-state index contributed by atoms with van der Waals surface area (Å²) in [5.74, 6) is -0.203. The lowest BCUT2D eigenvalue weighted by Gasteiger charge is -2.20. The van der Waals surface area contributed by atoms with Gasteiger partial charge in [0.25, 0.3) is 5.91 Å². The van der Waals surface area contributed by atoms with Crippen molar-refractivity contribution in [3.8, 4) is 0 Å². The molecule has 0 aliphatic carbocycles. The molecule has 2 aromatic carbocycles. The summed E-state index contributed by atoms with van der Waals surface area (Å²) in [4.78, 5) is 21.7. The van der Waals surface area contributed by atoms with Crippen LogP contribution in [0, 0.1) is 0 Å². The first-order valence-electron chi connectivity index (χ1n) is 7.06. The van der Waals surface area contributed by atoms with Crippen LogP contribution in [0.4, 0.5) is 0 Å². The molecule has 0 saturated heterocycles. The molecule has 0 fully saturated rings. The summed E-state index contributed by atoms with van der Waals surface area (Å²) in [7, 11) is 0. The Hall–Kier alpha value is -2.44. The molecule has 6 heteroatoms. The van der Waals surface area contributed by atoms with E-state index in [1.807, 2.05) is 54.6 Å². The fourth-order valence-electron chi connectivity index (χ4n) is 2.47. The normalized spacial score (nSPS) is 17.9. The van der Waals surface area contributed by atoms with Gasteiger partial charge < -0.3 is 5.32 Å². The predicted octanol–water partition coefficient (Wildman–Crippen LogP) is 3.28. The van der Waals surface area contributed by atoms with Gasteiger partial charge in [0, 0.05) is 0 Å². The van der Waals surface area contributed by atoms with E-state index in [0.29, 0.717) is 10.7 Å². The molecule has 0 spiro atoms. The van der Waals surface area contributed by atoms with E-state index < -0.39 is 6.04 Å². The van der Waals surface area contributed by atoms with Crippen LogP contribution in [0.15, 0.2) is 59.6 Å². The average Bonchev–Trinajstić information content (AvgIpc) is 2.99. The van der Waals surface area contributed by atoms with Gasteiger partial charge >= 0.3 is 0 Å². The number of aromatic nitrogens is 1. The second kappa shape index (κ2) is 5.64. The zero-order chi connectivity index (χ0) is 15.8. The van der Waals surface area contributed by atoms with Crippen LogP contribution >= 0.6 is 23.6 Å². The summed E-state index contributed by atoms with van der Waals surface area (Å²) >= 11 is 6.82. The molecule has 23 heavy (non-hydrogen) atoms. The molecule has 1 unspecified atom stereocenters. The second-order valence-electron chi connectivity index (χ2n) is 5.10. The summed E-state index contributed by atoms with van der Waals surface area (Å²) in [5.41, 5.74) is 2.33. The molecule has 3 aromatic rings. The number of aliphatic imine (C=N–C) groups is 1. The van der Waals surface area contributed by atoms with Gasteiger partial charge in [-0.15, -0.1) is 11.3 Å². The highest BCUT2D eigenvalue weighted by atomic mass is 32.1. The molecule has 0 radical (unpaired) electrons. The van der Waals surface area contributed by atoms with Crippen LogP contribution < -0.4 is 5.32 Å². The third kappa shape index (κ3) is 2.56. The highest BCUT2D eigenvalue weighted by Gasteiger charge is 2.30. The van der Waals surface area contributed by atoms with Crippen LogP contribution in [0.2, 0.25) is 0 Å². The number of nitrogens with one attached hydrogen (secondary N) is 1. The molecular weight excluding hydrogens is 326 g/mol. The van der Waals surface area contributed by atoms with Gasteiger partial charge in [0.05, 0.1) is 10.2 Å². The molecule has 1 atom stereocenters. The molecule has 1 aliphatic heterocycles. The van der Waals surface area contributed by atoms with Crippen molar-refractivity contribution in [3.05, 3.63) is 65.2 Å². The van der Waals surface area contributed by atoms with Crippen LogP contribution in [0.1, 0.15) is 16.6 Å². The Labute approximate surface area is 141 Å². The lowest BCUT2D eigenvalue weighted by atomic mass is 10.1. The Kier molecular flexibility index (Phi) is 3.48.